The van der Waals surface area contributed by atoms with Gasteiger partial charge in [-0.15, -0.1) is 0 Å². The van der Waals surface area contributed by atoms with Crippen molar-refractivity contribution in [1.82, 2.24) is 0 Å². The van der Waals surface area contributed by atoms with E-state index in [-0.39, 0.29) is 15.7 Å². The SMILES string of the molecule is Cc1cc(F)c(Br)cc1NC(=O)c1ccc(F)c(N)c1. The van der Waals surface area contributed by atoms with Crippen LogP contribution < -0.4 is 11.1 Å². The van der Waals surface area contributed by atoms with Gasteiger partial charge in [-0.25, -0.2) is 8.78 Å². The first-order chi connectivity index (χ1) is 9.38. The van der Waals surface area contributed by atoms with Crippen LogP contribution in [0.2, 0.25) is 0 Å². The van der Waals surface area contributed by atoms with Gasteiger partial charge < -0.3 is 11.1 Å². The zero-order valence-corrected chi connectivity index (χ0v) is 12.1. The lowest BCUT2D eigenvalue weighted by atomic mass is 10.1. The van der Waals surface area contributed by atoms with Gasteiger partial charge in [-0.2, -0.15) is 0 Å². The monoisotopic (exact) mass is 340 g/mol. The van der Waals surface area contributed by atoms with E-state index in [1.54, 1.807) is 6.92 Å². The minimum Gasteiger partial charge on any atom is -0.396 e. The number of carbonyl (C=O) groups is 1. The highest BCUT2D eigenvalue weighted by molar-refractivity contribution is 9.10. The third-order valence-electron chi connectivity index (χ3n) is 2.77. The summed E-state index contributed by atoms with van der Waals surface area (Å²) in [7, 11) is 0. The van der Waals surface area contributed by atoms with Crippen LogP contribution >= 0.6 is 15.9 Å². The maximum atomic E-state index is 13.3. The van der Waals surface area contributed by atoms with Crippen LogP contribution in [0.4, 0.5) is 20.2 Å². The number of aryl methyl sites for hydroxylation is 1. The molecule has 0 heterocycles. The molecule has 0 spiro atoms. The van der Waals surface area contributed by atoms with Crippen molar-refractivity contribution in [2.24, 2.45) is 0 Å². The average molecular weight is 341 g/mol. The van der Waals surface area contributed by atoms with Crippen LogP contribution in [-0.4, -0.2) is 5.91 Å². The van der Waals surface area contributed by atoms with Crippen LogP contribution in [0, 0.1) is 18.6 Å². The zero-order chi connectivity index (χ0) is 14.9. The Morgan fingerprint density at radius 1 is 1.20 bits per heavy atom. The summed E-state index contributed by atoms with van der Waals surface area (Å²) in [6, 6.07) is 6.47. The number of carbonyl (C=O) groups excluding carboxylic acids is 1. The number of halogens is 3. The molecule has 20 heavy (non-hydrogen) atoms. The van der Waals surface area contributed by atoms with E-state index in [0.717, 1.165) is 6.07 Å². The Kier molecular flexibility index (Phi) is 4.04. The second-order valence-corrected chi connectivity index (χ2v) is 5.13. The molecule has 0 saturated carbocycles. The maximum Gasteiger partial charge on any atom is 0.255 e. The van der Waals surface area contributed by atoms with Crippen LogP contribution in [0.15, 0.2) is 34.8 Å². The molecule has 3 N–H and O–H groups in total. The molecule has 0 aromatic heterocycles. The first-order valence-electron chi connectivity index (χ1n) is 5.70. The quantitative estimate of drug-likeness (QED) is 0.815. The van der Waals surface area contributed by atoms with E-state index >= 15 is 0 Å². The van der Waals surface area contributed by atoms with Crippen molar-refractivity contribution in [2.45, 2.75) is 6.92 Å². The Labute approximate surface area is 122 Å². The fourth-order valence-electron chi connectivity index (χ4n) is 1.66. The van der Waals surface area contributed by atoms with Crippen molar-refractivity contribution in [3.8, 4) is 0 Å². The second kappa shape index (κ2) is 5.58. The first kappa shape index (κ1) is 14.5. The topological polar surface area (TPSA) is 55.1 Å². The van der Waals surface area contributed by atoms with Gasteiger partial charge in [0.15, 0.2) is 0 Å². The third kappa shape index (κ3) is 2.96. The number of nitrogens with one attached hydrogen (secondary N) is 1. The summed E-state index contributed by atoms with van der Waals surface area (Å²) in [6.45, 7) is 1.67. The standard InChI is InChI=1S/C14H11BrF2N2O/c1-7-4-11(17)9(15)6-13(7)19-14(20)8-2-3-10(16)12(18)5-8/h2-6H,18H2,1H3,(H,19,20). The highest BCUT2D eigenvalue weighted by atomic mass is 79.9. The number of hydrogen-bond acceptors (Lipinski definition) is 2. The summed E-state index contributed by atoms with van der Waals surface area (Å²) in [5.74, 6) is -1.44. The van der Waals surface area contributed by atoms with Gasteiger partial charge in [-0.1, -0.05) is 0 Å². The Morgan fingerprint density at radius 3 is 2.55 bits per heavy atom. The van der Waals surface area contributed by atoms with Gasteiger partial charge in [0.2, 0.25) is 0 Å². The molecule has 1 amide bonds. The summed E-state index contributed by atoms with van der Waals surface area (Å²) < 4.78 is 26.6. The van der Waals surface area contributed by atoms with E-state index in [4.69, 9.17) is 5.73 Å². The smallest absolute Gasteiger partial charge is 0.255 e. The molecule has 0 unspecified atom stereocenters. The Morgan fingerprint density at radius 2 is 1.90 bits per heavy atom. The average Bonchev–Trinajstić information content (AvgIpc) is 2.39. The summed E-state index contributed by atoms with van der Waals surface area (Å²) in [4.78, 5) is 12.0. The number of hydrogen-bond donors (Lipinski definition) is 2. The number of benzene rings is 2. The minimum absolute atomic E-state index is 0.102. The molecular weight excluding hydrogens is 330 g/mol. The number of nitrogens with two attached hydrogens (primary N) is 1. The summed E-state index contributed by atoms with van der Waals surface area (Å²) in [6.07, 6.45) is 0. The Bertz CT molecular complexity index is 689. The molecule has 2 rings (SSSR count). The molecule has 0 aliphatic carbocycles. The van der Waals surface area contributed by atoms with E-state index in [9.17, 15) is 13.6 Å². The molecule has 2 aromatic carbocycles. The minimum atomic E-state index is -0.581. The fourth-order valence-corrected chi connectivity index (χ4v) is 2.00. The lowest BCUT2D eigenvalue weighted by Crippen LogP contribution is -2.13. The predicted octanol–water partition coefficient (Wildman–Crippen LogP) is 3.87. The van der Waals surface area contributed by atoms with Crippen molar-refractivity contribution in [3.63, 3.8) is 0 Å². The molecule has 6 heteroatoms. The molecule has 0 aliphatic heterocycles. The largest absolute Gasteiger partial charge is 0.396 e. The van der Waals surface area contributed by atoms with E-state index in [2.05, 4.69) is 21.2 Å². The van der Waals surface area contributed by atoms with Crippen molar-refractivity contribution in [1.29, 1.82) is 0 Å². The van der Waals surface area contributed by atoms with Crippen molar-refractivity contribution < 1.29 is 13.6 Å². The molecule has 0 atom stereocenters. The van der Waals surface area contributed by atoms with Gasteiger partial charge in [0.1, 0.15) is 11.6 Å². The zero-order valence-electron chi connectivity index (χ0n) is 10.5. The van der Waals surface area contributed by atoms with Crippen LogP contribution in [-0.2, 0) is 0 Å². The number of anilines is 2. The van der Waals surface area contributed by atoms with Gasteiger partial charge in [-0.05, 0) is 58.7 Å². The first-order valence-corrected chi connectivity index (χ1v) is 6.50. The predicted molar refractivity (Wildman–Crippen MR) is 77.6 cm³/mol. The Hall–Kier alpha value is -1.95. The van der Waals surface area contributed by atoms with Gasteiger partial charge >= 0.3 is 0 Å². The number of amides is 1. The molecule has 2 aromatic rings. The molecule has 0 radical (unpaired) electrons. The third-order valence-corrected chi connectivity index (χ3v) is 3.38. The van der Waals surface area contributed by atoms with Crippen molar-refractivity contribution in [2.75, 3.05) is 11.1 Å². The van der Waals surface area contributed by atoms with Gasteiger partial charge in [0.05, 0.1) is 10.2 Å². The summed E-state index contributed by atoms with van der Waals surface area (Å²) in [5.41, 5.74) is 6.58. The van der Waals surface area contributed by atoms with Gasteiger partial charge in [0.25, 0.3) is 5.91 Å². The van der Waals surface area contributed by atoms with E-state index in [1.165, 1.54) is 24.3 Å². The summed E-state index contributed by atoms with van der Waals surface area (Å²) in [5, 5.41) is 2.63. The maximum absolute atomic E-state index is 13.3. The second-order valence-electron chi connectivity index (χ2n) is 4.27. The highest BCUT2D eigenvalue weighted by Gasteiger charge is 2.11. The van der Waals surface area contributed by atoms with Crippen molar-refractivity contribution in [3.05, 3.63) is 57.6 Å². The van der Waals surface area contributed by atoms with Crippen LogP contribution in [0.5, 0.6) is 0 Å². The Balaban J connectivity index is 2.27. The molecule has 0 saturated heterocycles. The molecule has 104 valence electrons. The summed E-state index contributed by atoms with van der Waals surface area (Å²) >= 11 is 3.05. The molecular formula is C14H11BrF2N2O. The van der Waals surface area contributed by atoms with Crippen LogP contribution in [0.25, 0.3) is 0 Å². The normalized spacial score (nSPS) is 10.4. The van der Waals surface area contributed by atoms with Crippen LogP contribution in [0.3, 0.4) is 0 Å². The fraction of sp³-hybridized carbons (Fsp3) is 0.0714. The van der Waals surface area contributed by atoms with E-state index < -0.39 is 17.5 Å². The van der Waals surface area contributed by atoms with Crippen LogP contribution in [0.1, 0.15) is 15.9 Å². The highest BCUT2D eigenvalue weighted by Crippen LogP contribution is 2.25. The van der Waals surface area contributed by atoms with Gasteiger partial charge in [0, 0.05) is 11.3 Å². The number of nitrogen functional groups attached to an aromatic ring is 1. The lowest BCUT2D eigenvalue weighted by Gasteiger charge is -2.10. The molecule has 0 aliphatic rings. The molecule has 3 nitrogen and oxygen atoms in total. The molecule has 0 fully saturated rings. The van der Waals surface area contributed by atoms with Crippen molar-refractivity contribution >= 4 is 33.2 Å². The van der Waals surface area contributed by atoms with E-state index in [0.29, 0.717) is 11.3 Å². The molecule has 0 bridgehead atoms. The van der Waals surface area contributed by atoms with Gasteiger partial charge in [-0.3, -0.25) is 4.79 Å². The number of rotatable bonds is 2. The van der Waals surface area contributed by atoms with E-state index in [1.807, 2.05) is 0 Å². The lowest BCUT2D eigenvalue weighted by molar-refractivity contribution is 0.102.